The van der Waals surface area contributed by atoms with Crippen molar-refractivity contribution in [3.05, 3.63) is 65.2 Å². The number of carbonyl (C=O) groups is 1. The van der Waals surface area contributed by atoms with Crippen LogP contribution in [-0.2, 0) is 11.2 Å². The molecule has 3 heteroatoms. The average molecular weight is 297 g/mol. The van der Waals surface area contributed by atoms with Gasteiger partial charge in [0.2, 0.25) is 5.91 Å². The number of nitrogens with zero attached hydrogens (tertiary/aromatic N) is 1. The summed E-state index contributed by atoms with van der Waals surface area (Å²) in [6.07, 6.45) is 0.399. The summed E-state index contributed by atoms with van der Waals surface area (Å²) in [6, 6.07) is 16.0. The summed E-state index contributed by atoms with van der Waals surface area (Å²) in [5.74, 6) is 0.913. The molecule has 0 fully saturated rings. The Morgan fingerprint density at radius 2 is 1.68 bits per heavy atom. The van der Waals surface area contributed by atoms with Gasteiger partial charge < -0.3 is 9.64 Å². The molecule has 2 rings (SSSR count). The van der Waals surface area contributed by atoms with Crippen LogP contribution in [0.25, 0.3) is 0 Å². The van der Waals surface area contributed by atoms with Crippen LogP contribution in [0.5, 0.6) is 5.75 Å². The highest BCUT2D eigenvalue weighted by atomic mass is 16.5. The lowest BCUT2D eigenvalue weighted by molar-refractivity contribution is -0.131. The van der Waals surface area contributed by atoms with Crippen molar-refractivity contribution in [3.8, 4) is 5.75 Å². The Bertz CT molecular complexity index is 617. The van der Waals surface area contributed by atoms with Crippen molar-refractivity contribution in [1.82, 2.24) is 4.90 Å². The van der Waals surface area contributed by atoms with E-state index in [1.165, 1.54) is 5.56 Å². The molecule has 0 aliphatic rings. The molecule has 0 spiro atoms. The molecule has 0 heterocycles. The minimum Gasteiger partial charge on any atom is -0.497 e. The lowest BCUT2D eigenvalue weighted by Crippen LogP contribution is -2.30. The molecule has 0 bridgehead atoms. The first-order valence-electron chi connectivity index (χ1n) is 7.46. The molecule has 0 saturated carbocycles. The summed E-state index contributed by atoms with van der Waals surface area (Å²) in [5, 5.41) is 0. The Morgan fingerprint density at radius 3 is 2.23 bits per heavy atom. The number of hydrogen-bond donors (Lipinski definition) is 0. The van der Waals surface area contributed by atoms with Gasteiger partial charge in [-0.2, -0.15) is 0 Å². The van der Waals surface area contributed by atoms with Crippen LogP contribution in [0.3, 0.4) is 0 Å². The van der Waals surface area contributed by atoms with Crippen LogP contribution in [0, 0.1) is 6.92 Å². The number of rotatable bonds is 5. The molecule has 0 saturated heterocycles. The molecule has 0 N–H and O–H groups in total. The van der Waals surface area contributed by atoms with Gasteiger partial charge in [-0.25, -0.2) is 0 Å². The van der Waals surface area contributed by atoms with E-state index in [9.17, 15) is 4.79 Å². The van der Waals surface area contributed by atoms with E-state index >= 15 is 0 Å². The molecule has 1 amide bonds. The molecule has 2 aromatic rings. The number of ether oxygens (including phenoxy) is 1. The second kappa shape index (κ2) is 7.12. The Labute approximate surface area is 132 Å². The Hall–Kier alpha value is -2.29. The monoisotopic (exact) mass is 297 g/mol. The molecule has 1 atom stereocenters. The maximum absolute atomic E-state index is 12.4. The number of amides is 1. The van der Waals surface area contributed by atoms with Crippen LogP contribution >= 0.6 is 0 Å². The van der Waals surface area contributed by atoms with Crippen molar-refractivity contribution in [2.75, 3.05) is 14.2 Å². The summed E-state index contributed by atoms with van der Waals surface area (Å²) < 4.78 is 5.13. The minimum absolute atomic E-state index is 0.0614. The fourth-order valence-electron chi connectivity index (χ4n) is 2.33. The normalized spacial score (nSPS) is 11.8. The van der Waals surface area contributed by atoms with Crippen molar-refractivity contribution in [2.45, 2.75) is 26.3 Å². The molecule has 0 aromatic heterocycles. The van der Waals surface area contributed by atoms with Gasteiger partial charge in [-0.1, -0.05) is 42.0 Å². The van der Waals surface area contributed by atoms with Crippen molar-refractivity contribution in [2.24, 2.45) is 0 Å². The number of benzene rings is 2. The van der Waals surface area contributed by atoms with E-state index in [0.717, 1.165) is 16.9 Å². The van der Waals surface area contributed by atoms with Crippen molar-refractivity contribution >= 4 is 5.91 Å². The van der Waals surface area contributed by atoms with E-state index in [1.54, 1.807) is 12.0 Å². The number of carbonyl (C=O) groups excluding carboxylic acids is 1. The molecule has 3 nitrogen and oxygen atoms in total. The summed E-state index contributed by atoms with van der Waals surface area (Å²) in [5.41, 5.74) is 3.37. The Balaban J connectivity index is 2.02. The first kappa shape index (κ1) is 16.1. The molecule has 0 aliphatic heterocycles. The molecule has 22 heavy (non-hydrogen) atoms. The van der Waals surface area contributed by atoms with Crippen molar-refractivity contribution < 1.29 is 9.53 Å². The van der Waals surface area contributed by atoms with Gasteiger partial charge in [-0.05, 0) is 37.1 Å². The fourth-order valence-corrected chi connectivity index (χ4v) is 2.33. The summed E-state index contributed by atoms with van der Waals surface area (Å²) in [6.45, 7) is 4.11. The van der Waals surface area contributed by atoms with Gasteiger partial charge in [0.05, 0.1) is 19.6 Å². The predicted molar refractivity (Wildman–Crippen MR) is 89.1 cm³/mol. The van der Waals surface area contributed by atoms with Gasteiger partial charge in [-0.3, -0.25) is 4.79 Å². The summed E-state index contributed by atoms with van der Waals surface area (Å²) in [7, 11) is 3.49. The van der Waals surface area contributed by atoms with Gasteiger partial charge in [0.1, 0.15) is 5.75 Å². The van der Waals surface area contributed by atoms with Crippen LogP contribution in [-0.4, -0.2) is 25.0 Å². The third-order valence-electron chi connectivity index (χ3n) is 4.05. The van der Waals surface area contributed by atoms with Crippen molar-refractivity contribution in [1.29, 1.82) is 0 Å². The molecule has 0 aliphatic carbocycles. The standard InChI is InChI=1S/C19H23NO2/c1-14-5-9-17(10-6-14)15(2)20(3)19(21)13-16-7-11-18(22-4)12-8-16/h5-12,15H,13H2,1-4H3. The summed E-state index contributed by atoms with van der Waals surface area (Å²) in [4.78, 5) is 14.2. The molecule has 116 valence electrons. The van der Waals surface area contributed by atoms with E-state index < -0.39 is 0 Å². The van der Waals surface area contributed by atoms with E-state index in [2.05, 4.69) is 38.1 Å². The average Bonchev–Trinajstić information content (AvgIpc) is 2.55. The third kappa shape index (κ3) is 3.88. The zero-order chi connectivity index (χ0) is 16.1. The first-order chi connectivity index (χ1) is 10.5. The van der Waals surface area contributed by atoms with Crippen LogP contribution in [0.1, 0.15) is 29.7 Å². The quantitative estimate of drug-likeness (QED) is 0.841. The van der Waals surface area contributed by atoms with Gasteiger partial charge in [0.25, 0.3) is 0 Å². The second-order valence-electron chi connectivity index (χ2n) is 5.62. The maximum Gasteiger partial charge on any atom is 0.227 e. The lowest BCUT2D eigenvalue weighted by atomic mass is 10.0. The highest BCUT2D eigenvalue weighted by Crippen LogP contribution is 2.20. The van der Waals surface area contributed by atoms with Gasteiger partial charge in [0.15, 0.2) is 0 Å². The van der Waals surface area contributed by atoms with Gasteiger partial charge in [-0.15, -0.1) is 0 Å². The zero-order valence-corrected chi connectivity index (χ0v) is 13.7. The smallest absolute Gasteiger partial charge is 0.227 e. The molecular weight excluding hydrogens is 274 g/mol. The van der Waals surface area contributed by atoms with E-state index in [4.69, 9.17) is 4.74 Å². The third-order valence-corrected chi connectivity index (χ3v) is 4.05. The zero-order valence-electron chi connectivity index (χ0n) is 13.7. The topological polar surface area (TPSA) is 29.5 Å². The fraction of sp³-hybridized carbons (Fsp3) is 0.316. The van der Waals surface area contributed by atoms with Gasteiger partial charge in [0, 0.05) is 7.05 Å². The molecule has 1 unspecified atom stereocenters. The molecule has 0 radical (unpaired) electrons. The number of aryl methyl sites for hydroxylation is 1. The molecular formula is C19H23NO2. The van der Waals surface area contributed by atoms with Crippen molar-refractivity contribution in [3.63, 3.8) is 0 Å². The summed E-state index contributed by atoms with van der Waals surface area (Å²) >= 11 is 0. The minimum atomic E-state index is 0.0614. The van der Waals surface area contributed by atoms with E-state index in [-0.39, 0.29) is 11.9 Å². The number of hydrogen-bond acceptors (Lipinski definition) is 2. The SMILES string of the molecule is COc1ccc(CC(=O)N(C)C(C)c2ccc(C)cc2)cc1. The largest absolute Gasteiger partial charge is 0.497 e. The van der Waals surface area contributed by atoms with E-state index in [1.807, 2.05) is 31.3 Å². The molecule has 2 aromatic carbocycles. The van der Waals surface area contributed by atoms with Gasteiger partial charge >= 0.3 is 0 Å². The highest BCUT2D eigenvalue weighted by molar-refractivity contribution is 5.79. The Kier molecular flexibility index (Phi) is 5.21. The van der Waals surface area contributed by atoms with Crippen LogP contribution in [0.15, 0.2) is 48.5 Å². The predicted octanol–water partition coefficient (Wildman–Crippen LogP) is 3.77. The second-order valence-corrected chi connectivity index (χ2v) is 5.62. The lowest BCUT2D eigenvalue weighted by Gasteiger charge is -2.25. The van der Waals surface area contributed by atoms with Crippen LogP contribution in [0.2, 0.25) is 0 Å². The highest BCUT2D eigenvalue weighted by Gasteiger charge is 2.17. The number of likely N-dealkylation sites (N-methyl/N-ethyl adjacent to an activating group) is 1. The Morgan fingerprint density at radius 1 is 1.09 bits per heavy atom. The first-order valence-corrected chi connectivity index (χ1v) is 7.46. The van der Waals surface area contributed by atoms with Crippen LogP contribution < -0.4 is 4.74 Å². The van der Waals surface area contributed by atoms with Crippen LogP contribution in [0.4, 0.5) is 0 Å². The van der Waals surface area contributed by atoms with E-state index in [0.29, 0.717) is 6.42 Å². The maximum atomic E-state index is 12.4. The number of methoxy groups -OCH3 is 1.